The molecule has 0 aliphatic heterocycles. The number of phenols is 1. The fraction of sp³-hybridized carbons (Fsp3) is 0.0833. The van der Waals surface area contributed by atoms with Crippen LogP contribution in [0.15, 0.2) is 42.7 Å². The third-order valence-corrected chi connectivity index (χ3v) is 2.28. The first kappa shape index (κ1) is 11.4. The predicted molar refractivity (Wildman–Crippen MR) is 56.3 cm³/mol. The number of aromatic nitrogens is 1. The van der Waals surface area contributed by atoms with Gasteiger partial charge in [-0.3, -0.25) is 4.98 Å². The monoisotopic (exact) mass is 239 g/mol. The standard InChI is InChI=1S/C12H8F3NO/c13-12(14,15)11-4-5-16-7-10(11)8-2-1-3-9(17)6-8/h1-7,17H. The lowest BCUT2D eigenvalue weighted by Gasteiger charge is -2.12. The van der Waals surface area contributed by atoms with E-state index in [0.29, 0.717) is 0 Å². The summed E-state index contributed by atoms with van der Waals surface area (Å²) in [5.74, 6) is -0.0838. The van der Waals surface area contributed by atoms with Gasteiger partial charge in [0.25, 0.3) is 0 Å². The fourth-order valence-corrected chi connectivity index (χ4v) is 1.55. The van der Waals surface area contributed by atoms with Gasteiger partial charge in [-0.05, 0) is 23.8 Å². The van der Waals surface area contributed by atoms with E-state index in [9.17, 15) is 18.3 Å². The molecule has 0 bridgehead atoms. The summed E-state index contributed by atoms with van der Waals surface area (Å²) in [7, 11) is 0. The molecule has 0 saturated heterocycles. The molecular formula is C12H8F3NO. The molecule has 0 unspecified atom stereocenters. The highest BCUT2D eigenvalue weighted by molar-refractivity contribution is 5.68. The molecule has 88 valence electrons. The first-order valence-corrected chi connectivity index (χ1v) is 4.79. The van der Waals surface area contributed by atoms with Crippen LogP contribution in [0.1, 0.15) is 5.56 Å². The van der Waals surface area contributed by atoms with Gasteiger partial charge in [-0.15, -0.1) is 0 Å². The highest BCUT2D eigenvalue weighted by Gasteiger charge is 2.33. The van der Waals surface area contributed by atoms with Crippen LogP contribution in [0, 0.1) is 0 Å². The van der Waals surface area contributed by atoms with Crippen molar-refractivity contribution in [1.29, 1.82) is 0 Å². The van der Waals surface area contributed by atoms with Gasteiger partial charge < -0.3 is 5.11 Å². The molecule has 0 radical (unpaired) electrons. The Labute approximate surface area is 95.4 Å². The van der Waals surface area contributed by atoms with Crippen molar-refractivity contribution < 1.29 is 18.3 Å². The van der Waals surface area contributed by atoms with Crippen LogP contribution in [-0.4, -0.2) is 10.1 Å². The molecule has 0 spiro atoms. The van der Waals surface area contributed by atoms with Crippen LogP contribution in [0.25, 0.3) is 11.1 Å². The second-order valence-corrected chi connectivity index (χ2v) is 3.47. The summed E-state index contributed by atoms with van der Waals surface area (Å²) in [4.78, 5) is 3.68. The Morgan fingerprint density at radius 3 is 2.53 bits per heavy atom. The highest BCUT2D eigenvalue weighted by Crippen LogP contribution is 2.36. The molecule has 0 atom stereocenters. The number of halogens is 3. The Balaban J connectivity index is 2.60. The summed E-state index contributed by atoms with van der Waals surface area (Å²) in [5.41, 5.74) is -0.528. The van der Waals surface area contributed by atoms with Crippen LogP contribution in [0.5, 0.6) is 5.75 Å². The van der Waals surface area contributed by atoms with Gasteiger partial charge in [0.05, 0.1) is 5.56 Å². The van der Waals surface area contributed by atoms with Crippen LogP contribution < -0.4 is 0 Å². The molecule has 0 saturated carbocycles. The Kier molecular flexibility index (Phi) is 2.75. The smallest absolute Gasteiger partial charge is 0.417 e. The maximum absolute atomic E-state index is 12.7. The van der Waals surface area contributed by atoms with Gasteiger partial charge >= 0.3 is 6.18 Å². The van der Waals surface area contributed by atoms with Crippen LogP contribution in [0.4, 0.5) is 13.2 Å². The Hall–Kier alpha value is -2.04. The minimum absolute atomic E-state index is 0.0455. The predicted octanol–water partition coefficient (Wildman–Crippen LogP) is 3.47. The van der Waals surface area contributed by atoms with Gasteiger partial charge in [-0.1, -0.05) is 12.1 Å². The number of phenolic OH excluding ortho intramolecular Hbond substituents is 1. The van der Waals surface area contributed by atoms with E-state index in [0.717, 1.165) is 18.5 Å². The third kappa shape index (κ3) is 2.38. The maximum Gasteiger partial charge on any atom is 0.417 e. The number of hydrogen-bond acceptors (Lipinski definition) is 2. The molecular weight excluding hydrogens is 231 g/mol. The molecule has 17 heavy (non-hydrogen) atoms. The second-order valence-electron chi connectivity index (χ2n) is 3.47. The van der Waals surface area contributed by atoms with E-state index in [1.54, 1.807) is 0 Å². The molecule has 0 fully saturated rings. The summed E-state index contributed by atoms with van der Waals surface area (Å²) >= 11 is 0. The van der Waals surface area contributed by atoms with Crippen molar-refractivity contribution in [2.45, 2.75) is 6.18 Å². The summed E-state index contributed by atoms with van der Waals surface area (Å²) in [5, 5.41) is 9.27. The van der Waals surface area contributed by atoms with Gasteiger partial charge in [0.1, 0.15) is 5.75 Å². The summed E-state index contributed by atoms with van der Waals surface area (Å²) in [6.07, 6.45) is -2.21. The summed E-state index contributed by atoms with van der Waals surface area (Å²) in [6, 6.07) is 6.56. The Bertz CT molecular complexity index is 537. The first-order valence-electron chi connectivity index (χ1n) is 4.79. The van der Waals surface area contributed by atoms with E-state index in [-0.39, 0.29) is 16.9 Å². The topological polar surface area (TPSA) is 33.1 Å². The lowest BCUT2D eigenvalue weighted by atomic mass is 10.0. The lowest BCUT2D eigenvalue weighted by molar-refractivity contribution is -0.137. The molecule has 2 aromatic rings. The van der Waals surface area contributed by atoms with Crippen molar-refractivity contribution in [2.75, 3.05) is 0 Å². The zero-order chi connectivity index (χ0) is 12.5. The summed E-state index contributed by atoms with van der Waals surface area (Å²) < 4.78 is 38.2. The molecule has 2 rings (SSSR count). The minimum Gasteiger partial charge on any atom is -0.508 e. The van der Waals surface area contributed by atoms with E-state index < -0.39 is 11.7 Å². The average Bonchev–Trinajstić information content (AvgIpc) is 2.28. The van der Waals surface area contributed by atoms with Crippen molar-refractivity contribution in [3.63, 3.8) is 0 Å². The SMILES string of the molecule is Oc1cccc(-c2cnccc2C(F)(F)F)c1. The molecule has 1 aromatic heterocycles. The van der Waals surface area contributed by atoms with Gasteiger partial charge in [-0.25, -0.2) is 0 Å². The number of rotatable bonds is 1. The molecule has 2 nitrogen and oxygen atoms in total. The van der Waals surface area contributed by atoms with Crippen molar-refractivity contribution in [2.24, 2.45) is 0 Å². The van der Waals surface area contributed by atoms with Gasteiger partial charge in [0.2, 0.25) is 0 Å². The zero-order valence-electron chi connectivity index (χ0n) is 8.57. The average molecular weight is 239 g/mol. The van der Waals surface area contributed by atoms with Crippen LogP contribution >= 0.6 is 0 Å². The van der Waals surface area contributed by atoms with Crippen LogP contribution in [-0.2, 0) is 6.18 Å². The zero-order valence-corrected chi connectivity index (χ0v) is 8.57. The molecule has 0 aliphatic carbocycles. The first-order chi connectivity index (χ1) is 7.98. The van der Waals surface area contributed by atoms with E-state index in [1.165, 1.54) is 24.3 Å². The normalized spacial score (nSPS) is 11.5. The van der Waals surface area contributed by atoms with Crippen molar-refractivity contribution in [1.82, 2.24) is 4.98 Å². The fourth-order valence-electron chi connectivity index (χ4n) is 1.55. The lowest BCUT2D eigenvalue weighted by Crippen LogP contribution is -2.07. The highest BCUT2D eigenvalue weighted by atomic mass is 19.4. The number of pyridine rings is 1. The van der Waals surface area contributed by atoms with Crippen LogP contribution in [0.2, 0.25) is 0 Å². The molecule has 0 aliphatic rings. The van der Waals surface area contributed by atoms with E-state index in [1.807, 2.05) is 0 Å². The van der Waals surface area contributed by atoms with Gasteiger partial charge in [-0.2, -0.15) is 13.2 Å². The van der Waals surface area contributed by atoms with Gasteiger partial charge in [0, 0.05) is 18.0 Å². The molecule has 1 aromatic carbocycles. The Morgan fingerprint density at radius 2 is 1.88 bits per heavy atom. The largest absolute Gasteiger partial charge is 0.508 e. The number of alkyl halides is 3. The third-order valence-electron chi connectivity index (χ3n) is 2.28. The van der Waals surface area contributed by atoms with Crippen molar-refractivity contribution in [3.05, 3.63) is 48.3 Å². The van der Waals surface area contributed by atoms with E-state index >= 15 is 0 Å². The van der Waals surface area contributed by atoms with Gasteiger partial charge in [0.15, 0.2) is 0 Å². The number of aromatic hydroxyl groups is 1. The Morgan fingerprint density at radius 1 is 1.12 bits per heavy atom. The van der Waals surface area contributed by atoms with Crippen molar-refractivity contribution >= 4 is 0 Å². The van der Waals surface area contributed by atoms with Crippen molar-refractivity contribution in [3.8, 4) is 16.9 Å². The molecule has 1 heterocycles. The summed E-state index contributed by atoms with van der Waals surface area (Å²) in [6.45, 7) is 0. The number of hydrogen-bond donors (Lipinski definition) is 1. The number of benzene rings is 1. The van der Waals surface area contributed by atoms with E-state index in [2.05, 4.69) is 4.98 Å². The van der Waals surface area contributed by atoms with E-state index in [4.69, 9.17) is 0 Å². The molecule has 1 N–H and O–H groups in total. The second kappa shape index (κ2) is 4.08. The van der Waals surface area contributed by atoms with Crippen LogP contribution in [0.3, 0.4) is 0 Å². The quantitative estimate of drug-likeness (QED) is 0.826. The molecule has 0 amide bonds. The minimum atomic E-state index is -4.44. The number of nitrogens with zero attached hydrogens (tertiary/aromatic N) is 1. The maximum atomic E-state index is 12.7. The molecule has 5 heteroatoms.